The summed E-state index contributed by atoms with van der Waals surface area (Å²) in [5, 5.41) is 1.57. The van der Waals surface area contributed by atoms with Crippen molar-refractivity contribution in [2.75, 3.05) is 36.1 Å². The highest BCUT2D eigenvalue weighted by molar-refractivity contribution is 5.94. The summed E-state index contributed by atoms with van der Waals surface area (Å²) in [5.41, 5.74) is 4.60. The molecule has 5 nitrogen and oxygen atoms in total. The van der Waals surface area contributed by atoms with E-state index in [-0.39, 0.29) is 12.0 Å². The molecule has 2 atom stereocenters. The highest BCUT2D eigenvalue weighted by Gasteiger charge is 2.29. The molecule has 1 fully saturated rings. The molecule has 3 aromatic carbocycles. The van der Waals surface area contributed by atoms with Crippen LogP contribution in [-0.4, -0.2) is 49.1 Å². The molecule has 1 amide bonds. The van der Waals surface area contributed by atoms with Crippen LogP contribution in [0.4, 0.5) is 11.4 Å². The maximum Gasteiger partial charge on any atom is 0.251 e. The zero-order valence-corrected chi connectivity index (χ0v) is 20.6. The third-order valence-electron chi connectivity index (χ3n) is 7.23. The van der Waals surface area contributed by atoms with Gasteiger partial charge in [-0.1, -0.05) is 66.7 Å². The minimum absolute atomic E-state index is 0.0478. The second-order valence-electron chi connectivity index (χ2n) is 9.69. The van der Waals surface area contributed by atoms with Crippen LogP contribution in [0.1, 0.15) is 30.9 Å². The van der Waals surface area contributed by atoms with Crippen molar-refractivity contribution in [1.29, 1.82) is 0 Å². The standard InChI is InChI=1S/C30H35N3O2/c1-24-23-32(27-13-6-3-7-14-27)21-20-31(24)19-18-28(22-25-10-4-2-5-11-25)35-33-29-15-9-8-12-26(29)16-17-30(33)34/h2-15,24,28H,16-23H2,1H3. The molecule has 2 heterocycles. The van der Waals surface area contributed by atoms with Gasteiger partial charge in [0, 0.05) is 50.7 Å². The first-order chi connectivity index (χ1) is 17.2. The van der Waals surface area contributed by atoms with Crippen LogP contribution in [-0.2, 0) is 22.5 Å². The van der Waals surface area contributed by atoms with Gasteiger partial charge in [-0.05, 0) is 49.1 Å². The van der Waals surface area contributed by atoms with Gasteiger partial charge in [-0.25, -0.2) is 0 Å². The molecule has 35 heavy (non-hydrogen) atoms. The number of para-hydroxylation sites is 2. The van der Waals surface area contributed by atoms with E-state index < -0.39 is 0 Å². The van der Waals surface area contributed by atoms with E-state index in [0.717, 1.165) is 51.1 Å². The van der Waals surface area contributed by atoms with Crippen molar-refractivity contribution >= 4 is 17.3 Å². The normalized spacial score (nSPS) is 19.5. The Balaban J connectivity index is 1.26. The smallest absolute Gasteiger partial charge is 0.251 e. The molecule has 2 aliphatic rings. The predicted molar refractivity (Wildman–Crippen MR) is 142 cm³/mol. The minimum Gasteiger partial charge on any atom is -0.369 e. The van der Waals surface area contributed by atoms with Crippen molar-refractivity contribution < 1.29 is 9.63 Å². The summed E-state index contributed by atoms with van der Waals surface area (Å²) >= 11 is 0. The average Bonchev–Trinajstić information content (AvgIpc) is 2.90. The molecular formula is C30H35N3O2. The number of anilines is 2. The van der Waals surface area contributed by atoms with Crippen molar-refractivity contribution in [2.24, 2.45) is 0 Å². The number of hydrogen-bond donors (Lipinski definition) is 0. The molecule has 0 aliphatic carbocycles. The maximum absolute atomic E-state index is 12.9. The molecule has 2 aliphatic heterocycles. The van der Waals surface area contributed by atoms with Gasteiger partial charge in [0.15, 0.2) is 0 Å². The minimum atomic E-state index is -0.0770. The Hall–Kier alpha value is -3.15. The zero-order chi connectivity index (χ0) is 24.0. The number of hydrogen-bond acceptors (Lipinski definition) is 4. The van der Waals surface area contributed by atoms with Crippen LogP contribution < -0.4 is 9.96 Å². The lowest BCUT2D eigenvalue weighted by atomic mass is 10.0. The molecule has 0 spiro atoms. The lowest BCUT2D eigenvalue weighted by Crippen LogP contribution is -2.52. The number of carbonyl (C=O) groups is 1. The first kappa shape index (κ1) is 23.6. The van der Waals surface area contributed by atoms with E-state index in [2.05, 4.69) is 77.4 Å². The summed E-state index contributed by atoms with van der Waals surface area (Å²) in [4.78, 5) is 24.4. The van der Waals surface area contributed by atoms with Crippen LogP contribution in [0.2, 0.25) is 0 Å². The van der Waals surface area contributed by atoms with Crippen molar-refractivity contribution in [3.8, 4) is 0 Å². The number of hydroxylamine groups is 1. The van der Waals surface area contributed by atoms with E-state index in [1.54, 1.807) is 5.06 Å². The number of carbonyl (C=O) groups excluding carboxylic acids is 1. The fraction of sp³-hybridized carbons (Fsp3) is 0.367. The highest BCUT2D eigenvalue weighted by atomic mass is 16.7. The molecule has 0 bridgehead atoms. The summed E-state index contributed by atoms with van der Waals surface area (Å²) in [5.74, 6) is 0.0478. The molecule has 3 aromatic rings. The van der Waals surface area contributed by atoms with Crippen LogP contribution in [0.3, 0.4) is 0 Å². The van der Waals surface area contributed by atoms with Crippen LogP contribution in [0.25, 0.3) is 0 Å². The number of aryl methyl sites for hydroxylation is 1. The molecule has 0 saturated carbocycles. The van der Waals surface area contributed by atoms with Crippen LogP contribution >= 0.6 is 0 Å². The van der Waals surface area contributed by atoms with Crippen LogP contribution in [0, 0.1) is 0 Å². The average molecular weight is 470 g/mol. The monoisotopic (exact) mass is 469 g/mol. The number of piperazine rings is 1. The van der Waals surface area contributed by atoms with Gasteiger partial charge in [0.25, 0.3) is 5.91 Å². The van der Waals surface area contributed by atoms with Gasteiger partial charge in [0.2, 0.25) is 0 Å². The fourth-order valence-corrected chi connectivity index (χ4v) is 5.24. The van der Waals surface area contributed by atoms with E-state index in [1.165, 1.54) is 16.8 Å². The summed E-state index contributed by atoms with van der Waals surface area (Å²) in [6.45, 7) is 6.33. The Morgan fingerprint density at radius 3 is 2.37 bits per heavy atom. The van der Waals surface area contributed by atoms with E-state index in [4.69, 9.17) is 4.84 Å². The Morgan fingerprint density at radius 2 is 1.60 bits per heavy atom. The lowest BCUT2D eigenvalue weighted by Gasteiger charge is -2.41. The Morgan fingerprint density at radius 1 is 0.886 bits per heavy atom. The third kappa shape index (κ3) is 5.75. The van der Waals surface area contributed by atoms with E-state index in [0.29, 0.717) is 12.5 Å². The molecule has 0 aromatic heterocycles. The Kier molecular flexibility index (Phi) is 7.45. The van der Waals surface area contributed by atoms with Crippen molar-refractivity contribution in [1.82, 2.24) is 4.90 Å². The first-order valence-corrected chi connectivity index (χ1v) is 12.8. The molecule has 2 unspecified atom stereocenters. The van der Waals surface area contributed by atoms with E-state index in [1.807, 2.05) is 24.3 Å². The Bertz CT molecular complexity index is 1100. The summed E-state index contributed by atoms with van der Waals surface area (Å²) < 4.78 is 0. The number of fused-ring (bicyclic) bond motifs is 1. The predicted octanol–water partition coefficient (Wildman–Crippen LogP) is 5.11. The molecule has 5 heteroatoms. The molecule has 182 valence electrons. The zero-order valence-electron chi connectivity index (χ0n) is 20.6. The molecule has 5 rings (SSSR count). The quantitative estimate of drug-likeness (QED) is 0.459. The van der Waals surface area contributed by atoms with Crippen molar-refractivity contribution in [3.63, 3.8) is 0 Å². The van der Waals surface area contributed by atoms with Gasteiger partial charge in [0.05, 0.1) is 11.8 Å². The van der Waals surface area contributed by atoms with Gasteiger partial charge in [-0.3, -0.25) is 14.5 Å². The second kappa shape index (κ2) is 11.1. The van der Waals surface area contributed by atoms with Crippen LogP contribution in [0.5, 0.6) is 0 Å². The lowest BCUT2D eigenvalue weighted by molar-refractivity contribution is -0.129. The topological polar surface area (TPSA) is 36.0 Å². The first-order valence-electron chi connectivity index (χ1n) is 12.8. The van der Waals surface area contributed by atoms with Gasteiger partial charge in [-0.2, -0.15) is 5.06 Å². The molecule has 0 radical (unpaired) electrons. The van der Waals surface area contributed by atoms with Gasteiger partial charge in [-0.15, -0.1) is 0 Å². The SMILES string of the molecule is CC1CN(c2ccccc2)CCN1CCC(Cc1ccccc1)ON1C(=O)CCc2ccccc21. The third-order valence-corrected chi connectivity index (χ3v) is 7.23. The van der Waals surface area contributed by atoms with E-state index in [9.17, 15) is 4.79 Å². The van der Waals surface area contributed by atoms with Crippen LogP contribution in [0.15, 0.2) is 84.9 Å². The summed E-state index contributed by atoms with van der Waals surface area (Å²) in [6, 6.07) is 29.7. The van der Waals surface area contributed by atoms with Gasteiger partial charge in [0.1, 0.15) is 0 Å². The number of nitrogens with zero attached hydrogens (tertiary/aromatic N) is 3. The van der Waals surface area contributed by atoms with Crippen molar-refractivity contribution in [2.45, 2.75) is 44.8 Å². The van der Waals surface area contributed by atoms with E-state index >= 15 is 0 Å². The van der Waals surface area contributed by atoms with Gasteiger partial charge >= 0.3 is 0 Å². The fourth-order valence-electron chi connectivity index (χ4n) is 5.24. The van der Waals surface area contributed by atoms with Gasteiger partial charge < -0.3 is 4.90 Å². The number of benzene rings is 3. The largest absolute Gasteiger partial charge is 0.369 e. The second-order valence-corrected chi connectivity index (χ2v) is 9.69. The Labute approximate surface area is 208 Å². The summed E-state index contributed by atoms with van der Waals surface area (Å²) in [6.07, 6.45) is 2.85. The maximum atomic E-state index is 12.9. The molecule has 1 saturated heterocycles. The number of rotatable bonds is 8. The van der Waals surface area contributed by atoms with Crippen molar-refractivity contribution in [3.05, 3.63) is 96.1 Å². The number of amides is 1. The molecular weight excluding hydrogens is 434 g/mol. The summed E-state index contributed by atoms with van der Waals surface area (Å²) in [7, 11) is 0. The molecule has 0 N–H and O–H groups in total. The highest BCUT2D eigenvalue weighted by Crippen LogP contribution is 2.29.